The number of aryl methyl sites for hydroxylation is 1. The number of hydrogen-bond donors (Lipinski definition) is 1. The maximum absolute atomic E-state index is 13.8. The number of halogens is 1. The van der Waals surface area contributed by atoms with E-state index in [1.165, 1.54) is 11.1 Å². The topological polar surface area (TPSA) is 49.4 Å². The molecule has 0 heterocycles. The fourth-order valence-electron chi connectivity index (χ4n) is 4.83. The summed E-state index contributed by atoms with van der Waals surface area (Å²) in [7, 11) is 0. The molecule has 3 aromatic carbocycles. The normalized spacial score (nSPS) is 14.3. The SMILES string of the molecule is Cc1ccccc1CSCC(=O)N(Cc1ccccc1Cl)[C@H](Cc1ccccc1)C(=O)NC1CCCC1. The molecule has 0 unspecified atom stereocenters. The molecule has 1 N–H and O–H groups in total. The van der Waals surface area contributed by atoms with Gasteiger partial charge in [-0.05, 0) is 48.1 Å². The zero-order valence-corrected chi connectivity index (χ0v) is 22.9. The minimum absolute atomic E-state index is 0.0546. The lowest BCUT2D eigenvalue weighted by Crippen LogP contribution is -2.52. The van der Waals surface area contributed by atoms with Crippen molar-refractivity contribution in [2.45, 2.75) is 63.4 Å². The molecule has 2 amide bonds. The Hall–Kier alpha value is -2.76. The number of nitrogens with one attached hydrogen (secondary N) is 1. The van der Waals surface area contributed by atoms with Crippen molar-refractivity contribution in [1.29, 1.82) is 0 Å². The van der Waals surface area contributed by atoms with Crippen molar-refractivity contribution >= 4 is 35.2 Å². The van der Waals surface area contributed by atoms with E-state index < -0.39 is 6.04 Å². The first-order valence-electron chi connectivity index (χ1n) is 13.0. The molecule has 1 aliphatic carbocycles. The minimum Gasteiger partial charge on any atom is -0.352 e. The van der Waals surface area contributed by atoms with Gasteiger partial charge in [-0.15, -0.1) is 11.8 Å². The van der Waals surface area contributed by atoms with Gasteiger partial charge in [-0.1, -0.05) is 97.2 Å². The van der Waals surface area contributed by atoms with Gasteiger partial charge in [0.15, 0.2) is 0 Å². The minimum atomic E-state index is -0.620. The maximum atomic E-state index is 13.8. The third-order valence-corrected chi connectivity index (χ3v) is 8.35. The predicted octanol–water partition coefficient (Wildman–Crippen LogP) is 6.58. The number of hydrogen-bond acceptors (Lipinski definition) is 3. The zero-order chi connectivity index (χ0) is 26.0. The Balaban J connectivity index is 1.58. The third kappa shape index (κ3) is 7.86. The van der Waals surface area contributed by atoms with Crippen LogP contribution in [0.15, 0.2) is 78.9 Å². The smallest absolute Gasteiger partial charge is 0.243 e. The van der Waals surface area contributed by atoms with E-state index in [4.69, 9.17) is 11.6 Å². The van der Waals surface area contributed by atoms with Crippen LogP contribution in [-0.2, 0) is 28.3 Å². The molecule has 0 radical (unpaired) electrons. The molecular formula is C31H35ClN2O2S. The van der Waals surface area contributed by atoms with Crippen LogP contribution in [0.4, 0.5) is 0 Å². The number of thioether (sulfide) groups is 1. The fourth-order valence-corrected chi connectivity index (χ4v) is 6.02. The standard InChI is InChI=1S/C31H35ClN2O2S/c1-23-11-5-6-15-26(23)21-37-22-30(35)34(20-25-14-7-10-18-28(25)32)29(19-24-12-3-2-4-13-24)31(36)33-27-16-8-9-17-27/h2-7,10-15,18,27,29H,8-9,16-17,19-22H2,1H3,(H,33,36)/t29-/m1/s1. The second-order valence-corrected chi connectivity index (χ2v) is 11.1. The van der Waals surface area contributed by atoms with E-state index in [1.54, 1.807) is 16.7 Å². The van der Waals surface area contributed by atoms with E-state index in [-0.39, 0.29) is 17.9 Å². The van der Waals surface area contributed by atoms with Crippen molar-refractivity contribution in [3.05, 3.63) is 106 Å². The van der Waals surface area contributed by atoms with Crippen LogP contribution >= 0.6 is 23.4 Å². The summed E-state index contributed by atoms with van der Waals surface area (Å²) >= 11 is 8.10. The summed E-state index contributed by atoms with van der Waals surface area (Å²) in [5, 5.41) is 3.85. The van der Waals surface area contributed by atoms with Gasteiger partial charge in [-0.3, -0.25) is 9.59 Å². The van der Waals surface area contributed by atoms with Gasteiger partial charge in [0.1, 0.15) is 6.04 Å². The quantitative estimate of drug-likeness (QED) is 0.302. The summed E-state index contributed by atoms with van der Waals surface area (Å²) in [5.41, 5.74) is 4.30. The molecule has 1 fully saturated rings. The molecule has 0 bridgehead atoms. The van der Waals surface area contributed by atoms with Crippen LogP contribution in [0.2, 0.25) is 5.02 Å². The van der Waals surface area contributed by atoms with Gasteiger partial charge in [0.2, 0.25) is 11.8 Å². The first-order chi connectivity index (χ1) is 18.0. The molecule has 4 nitrogen and oxygen atoms in total. The monoisotopic (exact) mass is 534 g/mol. The second-order valence-electron chi connectivity index (χ2n) is 9.73. The van der Waals surface area contributed by atoms with Crippen LogP contribution in [0.5, 0.6) is 0 Å². The predicted molar refractivity (Wildman–Crippen MR) is 154 cm³/mol. The average Bonchev–Trinajstić information content (AvgIpc) is 3.42. The number of amides is 2. The van der Waals surface area contributed by atoms with E-state index in [0.717, 1.165) is 42.6 Å². The molecule has 1 atom stereocenters. The maximum Gasteiger partial charge on any atom is 0.243 e. The van der Waals surface area contributed by atoms with Crippen molar-refractivity contribution in [2.24, 2.45) is 0 Å². The van der Waals surface area contributed by atoms with Crippen molar-refractivity contribution in [3.63, 3.8) is 0 Å². The van der Waals surface area contributed by atoms with Crippen LogP contribution < -0.4 is 5.32 Å². The molecule has 0 saturated heterocycles. The molecule has 37 heavy (non-hydrogen) atoms. The van der Waals surface area contributed by atoms with E-state index in [2.05, 4.69) is 24.4 Å². The lowest BCUT2D eigenvalue weighted by atomic mass is 10.0. The zero-order valence-electron chi connectivity index (χ0n) is 21.4. The van der Waals surface area contributed by atoms with Gasteiger partial charge < -0.3 is 10.2 Å². The Morgan fingerprint density at radius 1 is 0.946 bits per heavy atom. The Morgan fingerprint density at radius 3 is 2.30 bits per heavy atom. The van der Waals surface area contributed by atoms with Crippen LogP contribution in [0.1, 0.15) is 47.9 Å². The van der Waals surface area contributed by atoms with E-state index in [1.807, 2.05) is 66.7 Å². The number of benzene rings is 3. The fraction of sp³-hybridized carbons (Fsp3) is 0.355. The molecule has 1 saturated carbocycles. The molecular weight excluding hydrogens is 500 g/mol. The van der Waals surface area contributed by atoms with Gasteiger partial charge in [0, 0.05) is 29.8 Å². The lowest BCUT2D eigenvalue weighted by Gasteiger charge is -2.32. The largest absolute Gasteiger partial charge is 0.352 e. The van der Waals surface area contributed by atoms with Crippen molar-refractivity contribution < 1.29 is 9.59 Å². The molecule has 4 rings (SSSR count). The van der Waals surface area contributed by atoms with Crippen molar-refractivity contribution in [2.75, 3.05) is 5.75 Å². The summed E-state index contributed by atoms with van der Waals surface area (Å²) in [6, 6.07) is 25.3. The van der Waals surface area contributed by atoms with Gasteiger partial charge in [-0.25, -0.2) is 0 Å². The van der Waals surface area contributed by atoms with E-state index >= 15 is 0 Å². The highest BCUT2D eigenvalue weighted by molar-refractivity contribution is 7.99. The highest BCUT2D eigenvalue weighted by Crippen LogP contribution is 2.24. The Labute approximate surface area is 229 Å². The summed E-state index contributed by atoms with van der Waals surface area (Å²) in [6.07, 6.45) is 4.71. The first kappa shape index (κ1) is 27.3. The molecule has 3 aromatic rings. The van der Waals surface area contributed by atoms with E-state index in [0.29, 0.717) is 23.7 Å². The molecule has 6 heteroatoms. The first-order valence-corrected chi connectivity index (χ1v) is 14.5. The molecule has 1 aliphatic rings. The molecule has 0 aromatic heterocycles. The summed E-state index contributed by atoms with van der Waals surface area (Å²) in [5.74, 6) is 0.901. The van der Waals surface area contributed by atoms with Gasteiger partial charge in [-0.2, -0.15) is 0 Å². The number of rotatable bonds is 11. The third-order valence-electron chi connectivity index (χ3n) is 7.02. The van der Waals surface area contributed by atoms with Gasteiger partial charge in [0.05, 0.1) is 5.75 Å². The molecule has 0 aliphatic heterocycles. The number of carbonyl (C=O) groups excluding carboxylic acids is 2. The van der Waals surface area contributed by atoms with Gasteiger partial charge >= 0.3 is 0 Å². The van der Waals surface area contributed by atoms with Crippen LogP contribution in [0.3, 0.4) is 0 Å². The molecule has 194 valence electrons. The highest BCUT2D eigenvalue weighted by Gasteiger charge is 2.32. The summed E-state index contributed by atoms with van der Waals surface area (Å²) in [4.78, 5) is 29.2. The Morgan fingerprint density at radius 2 is 1.59 bits per heavy atom. The van der Waals surface area contributed by atoms with Crippen LogP contribution in [0, 0.1) is 6.92 Å². The number of nitrogens with zero attached hydrogens (tertiary/aromatic N) is 1. The highest BCUT2D eigenvalue weighted by atomic mass is 35.5. The molecule has 0 spiro atoms. The Bertz CT molecular complexity index is 1180. The van der Waals surface area contributed by atoms with Crippen LogP contribution in [-0.4, -0.2) is 34.6 Å². The summed E-state index contributed by atoms with van der Waals surface area (Å²) < 4.78 is 0. The average molecular weight is 535 g/mol. The lowest BCUT2D eigenvalue weighted by molar-refractivity contribution is -0.139. The van der Waals surface area contributed by atoms with Crippen LogP contribution in [0.25, 0.3) is 0 Å². The second kappa shape index (κ2) is 13.7. The van der Waals surface area contributed by atoms with Gasteiger partial charge in [0.25, 0.3) is 0 Å². The van der Waals surface area contributed by atoms with Crippen molar-refractivity contribution in [3.8, 4) is 0 Å². The number of carbonyl (C=O) groups is 2. The summed E-state index contributed by atoms with van der Waals surface area (Å²) in [6.45, 7) is 2.38. The Kier molecular flexibility index (Phi) is 10.1. The van der Waals surface area contributed by atoms with Crippen molar-refractivity contribution in [1.82, 2.24) is 10.2 Å². The van der Waals surface area contributed by atoms with E-state index in [9.17, 15) is 9.59 Å².